The van der Waals surface area contributed by atoms with E-state index in [2.05, 4.69) is 27.7 Å². The van der Waals surface area contributed by atoms with Crippen molar-refractivity contribution in [3.05, 3.63) is 0 Å². The lowest BCUT2D eigenvalue weighted by molar-refractivity contribution is -0.119. The molecule has 0 aromatic heterocycles. The molecule has 0 aliphatic rings. The molecule has 0 atom stereocenters. The Morgan fingerprint density at radius 3 is 1.44 bits per heavy atom. The molecule has 16 heavy (non-hydrogen) atoms. The molecule has 1 nitrogen and oxygen atoms in total. The minimum Gasteiger partial charge on any atom is -0.300 e. The third kappa shape index (κ3) is 11.7. The van der Waals surface area contributed by atoms with Crippen molar-refractivity contribution in [3.63, 3.8) is 0 Å². The fourth-order valence-corrected chi connectivity index (χ4v) is 1.87. The summed E-state index contributed by atoms with van der Waals surface area (Å²) in [6, 6.07) is 0. The Hall–Kier alpha value is -0.330. The molecule has 0 aliphatic carbocycles. The highest BCUT2D eigenvalue weighted by Crippen LogP contribution is 2.12. The lowest BCUT2D eigenvalue weighted by Crippen LogP contribution is -1.99. The summed E-state index contributed by atoms with van der Waals surface area (Å²) in [6.07, 6.45) is 8.79. The summed E-state index contributed by atoms with van der Waals surface area (Å²) in [7, 11) is 0. The van der Waals surface area contributed by atoms with Gasteiger partial charge in [0.2, 0.25) is 0 Å². The van der Waals surface area contributed by atoms with E-state index in [-0.39, 0.29) is 0 Å². The van der Waals surface area contributed by atoms with Gasteiger partial charge in [-0.15, -0.1) is 0 Å². The second-order valence-electron chi connectivity index (χ2n) is 5.82. The Bertz CT molecular complexity index is 152. The predicted molar refractivity (Wildman–Crippen MR) is 71.6 cm³/mol. The van der Waals surface area contributed by atoms with Gasteiger partial charge in [0, 0.05) is 12.8 Å². The molecular formula is C15H30O. The number of carbonyl (C=O) groups is 1. The number of unbranched alkanes of at least 4 members (excludes halogenated alkanes) is 2. The van der Waals surface area contributed by atoms with Crippen LogP contribution in [-0.2, 0) is 4.79 Å². The molecule has 0 aliphatic heterocycles. The Labute approximate surface area is 102 Å². The van der Waals surface area contributed by atoms with Crippen molar-refractivity contribution in [1.29, 1.82) is 0 Å². The zero-order valence-corrected chi connectivity index (χ0v) is 11.7. The van der Waals surface area contributed by atoms with Gasteiger partial charge >= 0.3 is 0 Å². The van der Waals surface area contributed by atoms with Crippen LogP contribution in [0, 0.1) is 11.8 Å². The van der Waals surface area contributed by atoms with E-state index in [1.807, 2.05) is 0 Å². The summed E-state index contributed by atoms with van der Waals surface area (Å²) in [4.78, 5) is 11.5. The van der Waals surface area contributed by atoms with Crippen LogP contribution < -0.4 is 0 Å². The maximum absolute atomic E-state index is 11.5. The van der Waals surface area contributed by atoms with Crippen molar-refractivity contribution in [2.24, 2.45) is 11.8 Å². The first-order valence-electron chi connectivity index (χ1n) is 7.04. The van der Waals surface area contributed by atoms with Crippen LogP contribution >= 0.6 is 0 Å². The van der Waals surface area contributed by atoms with Crippen molar-refractivity contribution in [2.75, 3.05) is 0 Å². The quantitative estimate of drug-likeness (QED) is 0.480. The van der Waals surface area contributed by atoms with E-state index in [1.165, 1.54) is 25.7 Å². The monoisotopic (exact) mass is 226 g/mol. The molecule has 0 amide bonds. The third-order valence-corrected chi connectivity index (χ3v) is 2.97. The van der Waals surface area contributed by atoms with E-state index >= 15 is 0 Å². The molecule has 0 spiro atoms. The SMILES string of the molecule is CC(C)CCCCC(=O)CCCCC(C)C. The lowest BCUT2D eigenvalue weighted by Gasteiger charge is -2.05. The molecule has 0 N–H and O–H groups in total. The van der Waals surface area contributed by atoms with E-state index in [1.54, 1.807) is 0 Å². The van der Waals surface area contributed by atoms with Gasteiger partial charge in [-0.3, -0.25) is 4.79 Å². The van der Waals surface area contributed by atoms with Crippen LogP contribution in [0.4, 0.5) is 0 Å². The number of ketones is 1. The van der Waals surface area contributed by atoms with Gasteiger partial charge in [-0.25, -0.2) is 0 Å². The first kappa shape index (κ1) is 15.7. The second-order valence-corrected chi connectivity index (χ2v) is 5.82. The first-order chi connectivity index (χ1) is 7.52. The molecule has 0 heterocycles. The standard InChI is InChI=1S/C15H30O/c1-13(2)9-5-7-11-15(16)12-8-6-10-14(3)4/h13-14H,5-12H2,1-4H3. The van der Waals surface area contributed by atoms with Crippen molar-refractivity contribution in [2.45, 2.75) is 79.1 Å². The highest BCUT2D eigenvalue weighted by atomic mass is 16.1. The lowest BCUT2D eigenvalue weighted by atomic mass is 10.0. The van der Waals surface area contributed by atoms with Crippen molar-refractivity contribution >= 4 is 5.78 Å². The Kier molecular flexibility index (Phi) is 9.66. The summed E-state index contributed by atoms with van der Waals surface area (Å²) in [6.45, 7) is 8.98. The van der Waals surface area contributed by atoms with Crippen molar-refractivity contribution in [3.8, 4) is 0 Å². The third-order valence-electron chi connectivity index (χ3n) is 2.97. The van der Waals surface area contributed by atoms with Crippen LogP contribution in [0.15, 0.2) is 0 Å². The summed E-state index contributed by atoms with van der Waals surface area (Å²) in [5.41, 5.74) is 0. The average molecular weight is 226 g/mol. The molecule has 0 bridgehead atoms. The van der Waals surface area contributed by atoms with Gasteiger partial charge in [0.1, 0.15) is 5.78 Å². The van der Waals surface area contributed by atoms with Gasteiger partial charge in [-0.05, 0) is 24.7 Å². The largest absolute Gasteiger partial charge is 0.300 e. The van der Waals surface area contributed by atoms with Crippen LogP contribution in [0.25, 0.3) is 0 Å². The van der Waals surface area contributed by atoms with Gasteiger partial charge in [0.15, 0.2) is 0 Å². The Balaban J connectivity index is 3.25. The zero-order valence-electron chi connectivity index (χ0n) is 11.7. The van der Waals surface area contributed by atoms with E-state index < -0.39 is 0 Å². The van der Waals surface area contributed by atoms with E-state index in [0.717, 1.165) is 37.5 Å². The minimum absolute atomic E-state index is 0.479. The Morgan fingerprint density at radius 1 is 0.750 bits per heavy atom. The fourth-order valence-electron chi connectivity index (χ4n) is 1.87. The van der Waals surface area contributed by atoms with Gasteiger partial charge in [-0.2, -0.15) is 0 Å². The van der Waals surface area contributed by atoms with Crippen LogP contribution in [0.1, 0.15) is 79.1 Å². The van der Waals surface area contributed by atoms with E-state index in [0.29, 0.717) is 5.78 Å². The van der Waals surface area contributed by atoms with Gasteiger partial charge in [0.05, 0.1) is 0 Å². The Morgan fingerprint density at radius 2 is 1.12 bits per heavy atom. The summed E-state index contributed by atoms with van der Waals surface area (Å²) >= 11 is 0. The van der Waals surface area contributed by atoms with Gasteiger partial charge in [-0.1, -0.05) is 53.4 Å². The van der Waals surface area contributed by atoms with E-state index in [9.17, 15) is 4.79 Å². The number of rotatable bonds is 10. The second kappa shape index (κ2) is 9.86. The van der Waals surface area contributed by atoms with Crippen LogP contribution in [0.5, 0.6) is 0 Å². The van der Waals surface area contributed by atoms with Gasteiger partial charge < -0.3 is 0 Å². The summed E-state index contributed by atoms with van der Waals surface area (Å²) in [5, 5.41) is 0. The summed E-state index contributed by atoms with van der Waals surface area (Å²) in [5.74, 6) is 2.04. The molecule has 1 heteroatoms. The number of hydrogen-bond acceptors (Lipinski definition) is 1. The first-order valence-corrected chi connectivity index (χ1v) is 7.04. The molecule has 0 aromatic rings. The molecular weight excluding hydrogens is 196 g/mol. The zero-order chi connectivity index (χ0) is 12.4. The normalized spacial score (nSPS) is 11.4. The number of Topliss-reactive ketones (excluding diaryl/α,β-unsaturated/α-hetero) is 1. The smallest absolute Gasteiger partial charge is 0.132 e. The maximum Gasteiger partial charge on any atom is 0.132 e. The average Bonchev–Trinajstić information content (AvgIpc) is 2.19. The summed E-state index contributed by atoms with van der Waals surface area (Å²) < 4.78 is 0. The predicted octanol–water partition coefficient (Wildman–Crippen LogP) is 4.99. The molecule has 0 saturated heterocycles. The van der Waals surface area contributed by atoms with Crippen molar-refractivity contribution < 1.29 is 4.79 Å². The highest BCUT2D eigenvalue weighted by Gasteiger charge is 2.03. The fraction of sp³-hybridized carbons (Fsp3) is 0.933. The topological polar surface area (TPSA) is 17.1 Å². The number of hydrogen-bond donors (Lipinski definition) is 0. The maximum atomic E-state index is 11.5. The number of carbonyl (C=O) groups excluding carboxylic acids is 1. The molecule has 0 saturated carbocycles. The molecule has 0 radical (unpaired) electrons. The highest BCUT2D eigenvalue weighted by molar-refractivity contribution is 5.78. The van der Waals surface area contributed by atoms with Crippen LogP contribution in [-0.4, -0.2) is 5.78 Å². The molecule has 0 rings (SSSR count). The molecule has 0 fully saturated rings. The van der Waals surface area contributed by atoms with Crippen LogP contribution in [0.2, 0.25) is 0 Å². The molecule has 0 unspecified atom stereocenters. The molecule has 96 valence electrons. The van der Waals surface area contributed by atoms with Crippen LogP contribution in [0.3, 0.4) is 0 Å². The molecule has 0 aromatic carbocycles. The van der Waals surface area contributed by atoms with Gasteiger partial charge in [0.25, 0.3) is 0 Å². The minimum atomic E-state index is 0.479. The van der Waals surface area contributed by atoms with Crippen molar-refractivity contribution in [1.82, 2.24) is 0 Å². The van der Waals surface area contributed by atoms with E-state index in [4.69, 9.17) is 0 Å².